The molecule has 4 aromatic carbocycles. The molecule has 9 nitrogen and oxygen atoms in total. The maximum atomic E-state index is 10.5. The zero-order chi connectivity index (χ0) is 44.7. The fourth-order valence-corrected chi connectivity index (χ4v) is 7.27. The Morgan fingerprint density at radius 3 is 0.933 bits per heavy atom. The molecular formula is C48H60N6O3S3. The Morgan fingerprint density at radius 1 is 0.467 bits per heavy atom. The number of rotatable bonds is 15. The Bertz CT molecular complexity index is 2140. The fraction of sp³-hybridized carbons (Fsp3) is 0.375. The van der Waals surface area contributed by atoms with Crippen LogP contribution in [0.4, 0.5) is 0 Å². The van der Waals surface area contributed by atoms with Crippen LogP contribution in [0.2, 0.25) is 0 Å². The summed E-state index contributed by atoms with van der Waals surface area (Å²) in [6.45, 7) is 24.6. The van der Waals surface area contributed by atoms with Crippen molar-refractivity contribution >= 4 is 73.7 Å². The lowest BCUT2D eigenvalue weighted by Gasteiger charge is -2.21. The third-order valence-corrected chi connectivity index (χ3v) is 11.3. The van der Waals surface area contributed by atoms with Gasteiger partial charge in [-0.2, -0.15) is 0 Å². The van der Waals surface area contributed by atoms with E-state index in [1.165, 1.54) is 0 Å². The summed E-state index contributed by atoms with van der Waals surface area (Å²) in [5.41, 5.74) is 7.43. The molecule has 0 unspecified atom stereocenters. The lowest BCUT2D eigenvalue weighted by Crippen LogP contribution is -2.23. The molecule has 0 bridgehead atoms. The van der Waals surface area contributed by atoms with Gasteiger partial charge in [-0.1, -0.05) is 34.9 Å². The van der Waals surface area contributed by atoms with Gasteiger partial charge in [-0.15, -0.1) is 37.9 Å². The van der Waals surface area contributed by atoms with Crippen LogP contribution in [0.25, 0.3) is 0 Å². The second kappa shape index (κ2) is 19.8. The maximum absolute atomic E-state index is 10.5. The van der Waals surface area contributed by atoms with Gasteiger partial charge in [-0.05, 0) is 119 Å². The smallest absolute Gasteiger partial charge is 0.124 e. The number of benzene rings is 4. The van der Waals surface area contributed by atoms with E-state index >= 15 is 0 Å². The van der Waals surface area contributed by atoms with Gasteiger partial charge in [-0.25, -0.2) is 0 Å². The monoisotopic (exact) mass is 864 g/mol. The second-order valence-corrected chi connectivity index (χ2v) is 18.6. The number of aryl methyl sites for hydroxylation is 3. The van der Waals surface area contributed by atoms with Crippen molar-refractivity contribution < 1.29 is 15.3 Å². The molecule has 0 atom stereocenters. The minimum atomic E-state index is -0.629. The van der Waals surface area contributed by atoms with Crippen LogP contribution in [0.5, 0.6) is 17.2 Å². The van der Waals surface area contributed by atoms with E-state index in [1.54, 1.807) is 36.8 Å². The van der Waals surface area contributed by atoms with Crippen molar-refractivity contribution in [2.45, 2.75) is 114 Å². The van der Waals surface area contributed by atoms with E-state index in [9.17, 15) is 15.3 Å². The summed E-state index contributed by atoms with van der Waals surface area (Å²) in [6.07, 6.45) is 5.30. The SMILES string of the molecule is CC(=NCC(C)(C)N=Cc1c(S)c(C=NC(C)(C)CN=C(C)c2cc(C)ccc2O)c(S)c(C=NC(C)(C)CN=C(C)c2cc(C)ccc2O)c1S)c1cc(C)ccc1O. The Balaban J connectivity index is 1.74. The van der Waals surface area contributed by atoms with Crippen molar-refractivity contribution in [1.29, 1.82) is 0 Å². The molecule has 0 aromatic heterocycles. The number of phenolic OH excluding ortho intramolecular Hbond substituents is 3. The highest BCUT2D eigenvalue weighted by Gasteiger charge is 2.23. The lowest BCUT2D eigenvalue weighted by molar-refractivity contribution is 0.473. The number of hydrogen-bond donors (Lipinski definition) is 6. The Labute approximate surface area is 373 Å². The zero-order valence-electron chi connectivity index (χ0n) is 36.9. The van der Waals surface area contributed by atoms with E-state index in [2.05, 4.69) is 0 Å². The van der Waals surface area contributed by atoms with Crippen molar-refractivity contribution in [3.05, 3.63) is 105 Å². The first-order valence-electron chi connectivity index (χ1n) is 19.8. The number of hydrogen-bond acceptors (Lipinski definition) is 12. The molecule has 0 radical (unpaired) electrons. The van der Waals surface area contributed by atoms with Crippen molar-refractivity contribution in [1.82, 2.24) is 0 Å². The molecule has 0 amide bonds. The van der Waals surface area contributed by atoms with Crippen molar-refractivity contribution in [3.8, 4) is 17.2 Å². The maximum Gasteiger partial charge on any atom is 0.124 e. The molecule has 12 heteroatoms. The van der Waals surface area contributed by atoms with E-state index in [0.29, 0.717) is 67.7 Å². The Morgan fingerprint density at radius 2 is 0.700 bits per heavy atom. The number of thiol groups is 3. The van der Waals surface area contributed by atoms with Crippen LogP contribution in [0, 0.1) is 20.8 Å². The molecule has 0 saturated carbocycles. The van der Waals surface area contributed by atoms with Gasteiger partial charge in [0.05, 0.1) is 36.3 Å². The number of aromatic hydroxyl groups is 3. The average Bonchev–Trinajstić information content (AvgIpc) is 3.17. The van der Waals surface area contributed by atoms with Crippen LogP contribution < -0.4 is 0 Å². The Kier molecular flexibility index (Phi) is 15.9. The van der Waals surface area contributed by atoms with E-state index in [1.807, 2.05) is 119 Å². The van der Waals surface area contributed by atoms with Gasteiger partial charge in [0.1, 0.15) is 17.2 Å². The van der Waals surface area contributed by atoms with Crippen LogP contribution in [0.15, 0.2) is 99.2 Å². The van der Waals surface area contributed by atoms with Crippen LogP contribution in [0.3, 0.4) is 0 Å². The molecule has 0 fully saturated rings. The van der Waals surface area contributed by atoms with Gasteiger partial charge in [0, 0.05) is 83.8 Å². The minimum absolute atomic E-state index is 0.184. The largest absolute Gasteiger partial charge is 0.507 e. The van der Waals surface area contributed by atoms with E-state index in [4.69, 9.17) is 67.8 Å². The quantitative estimate of drug-likeness (QED) is 0.0525. The highest BCUT2D eigenvalue weighted by Crippen LogP contribution is 2.34. The molecule has 0 spiro atoms. The molecule has 0 aliphatic heterocycles. The molecule has 4 rings (SSSR count). The van der Waals surface area contributed by atoms with Gasteiger partial charge < -0.3 is 15.3 Å². The van der Waals surface area contributed by atoms with Gasteiger partial charge in [0.2, 0.25) is 0 Å². The van der Waals surface area contributed by atoms with Crippen molar-refractivity contribution in [2.75, 3.05) is 19.6 Å². The van der Waals surface area contributed by atoms with Gasteiger partial charge in [0.25, 0.3) is 0 Å². The Hall–Kier alpha value is -4.65. The topological polar surface area (TPSA) is 135 Å². The highest BCUT2D eigenvalue weighted by atomic mass is 32.1. The summed E-state index contributed by atoms with van der Waals surface area (Å²) in [7, 11) is 0. The highest BCUT2D eigenvalue weighted by molar-refractivity contribution is 7.82. The van der Waals surface area contributed by atoms with Crippen LogP contribution in [-0.2, 0) is 0 Å². The number of nitrogens with zero attached hydrogens (tertiary/aromatic N) is 6. The predicted octanol–water partition coefficient (Wildman–Crippen LogP) is 10.7. The molecule has 0 aliphatic carbocycles. The first-order chi connectivity index (χ1) is 27.9. The summed E-state index contributed by atoms with van der Waals surface area (Å²) in [5, 5.41) is 31.4. The predicted molar refractivity (Wildman–Crippen MR) is 263 cm³/mol. The normalized spacial score (nSPS) is 13.8. The van der Waals surface area contributed by atoms with Crippen molar-refractivity contribution in [2.24, 2.45) is 30.0 Å². The van der Waals surface area contributed by atoms with E-state index in [0.717, 1.165) is 33.8 Å². The van der Waals surface area contributed by atoms with Gasteiger partial charge >= 0.3 is 0 Å². The average molecular weight is 865 g/mol. The summed E-state index contributed by atoms with van der Waals surface area (Å²) in [5.74, 6) is 0.553. The molecule has 60 heavy (non-hydrogen) atoms. The molecule has 0 heterocycles. The minimum Gasteiger partial charge on any atom is -0.507 e. The third-order valence-electron chi connectivity index (χ3n) is 9.90. The molecule has 3 N–H and O–H groups in total. The summed E-state index contributed by atoms with van der Waals surface area (Å²) in [4.78, 5) is 31.1. The lowest BCUT2D eigenvalue weighted by atomic mass is 10.0. The summed E-state index contributed by atoms with van der Waals surface area (Å²) < 4.78 is 0. The van der Waals surface area contributed by atoms with Crippen LogP contribution >= 0.6 is 37.9 Å². The van der Waals surface area contributed by atoms with Crippen LogP contribution in [-0.4, -0.2) is 87.3 Å². The zero-order valence-corrected chi connectivity index (χ0v) is 39.6. The number of aliphatic imine (C=N–C) groups is 6. The number of phenols is 3. The second-order valence-electron chi connectivity index (χ2n) is 17.3. The fourth-order valence-electron chi connectivity index (χ4n) is 5.99. The van der Waals surface area contributed by atoms with Gasteiger partial charge in [0.15, 0.2) is 0 Å². The standard InChI is InChI=1S/C48H60N6O3S3/c1-28-13-16-40(55)34(19-28)31(4)49-25-46(7,8)52-22-37-43(58)38(23-53-47(9,10)26-50-32(5)35-20-29(2)14-17-41(35)56)45(60)39(44(37)59)24-54-48(11,12)27-51-33(6)36-21-30(3)15-18-42(36)57/h13-24,55-60H,25-27H2,1-12H3. The molecular weight excluding hydrogens is 805 g/mol. The molecule has 4 aromatic rings. The summed E-state index contributed by atoms with van der Waals surface area (Å²) in [6, 6.07) is 16.4. The molecule has 0 aliphatic rings. The van der Waals surface area contributed by atoms with Gasteiger partial charge in [-0.3, -0.25) is 30.0 Å². The first kappa shape index (κ1) is 48.0. The van der Waals surface area contributed by atoms with E-state index in [-0.39, 0.29) is 17.2 Å². The van der Waals surface area contributed by atoms with E-state index < -0.39 is 16.6 Å². The third kappa shape index (κ3) is 12.9. The molecule has 318 valence electrons. The molecule has 0 saturated heterocycles. The summed E-state index contributed by atoms with van der Waals surface area (Å²) >= 11 is 15.1. The first-order valence-corrected chi connectivity index (χ1v) is 21.1. The van der Waals surface area contributed by atoms with Crippen LogP contribution in [0.1, 0.15) is 112 Å². The van der Waals surface area contributed by atoms with Crippen molar-refractivity contribution in [3.63, 3.8) is 0 Å².